The monoisotopic (exact) mass is 237 g/mol. The van der Waals surface area contributed by atoms with Crippen LogP contribution in [0.3, 0.4) is 0 Å². The van der Waals surface area contributed by atoms with Gasteiger partial charge in [-0.25, -0.2) is 4.39 Å². The zero-order valence-electron chi connectivity index (χ0n) is 11.6. The lowest BCUT2D eigenvalue weighted by Crippen LogP contribution is -2.26. The highest BCUT2D eigenvalue weighted by Gasteiger charge is 2.21. The number of hydrogen-bond acceptors (Lipinski definition) is 1. The van der Waals surface area contributed by atoms with Crippen LogP contribution < -0.4 is 5.32 Å². The molecule has 1 N–H and O–H groups in total. The molecule has 1 rings (SSSR count). The van der Waals surface area contributed by atoms with Gasteiger partial charge in [-0.3, -0.25) is 0 Å². The van der Waals surface area contributed by atoms with E-state index in [0.29, 0.717) is 0 Å². The number of nitrogens with one attached hydrogen (secondary N) is 1. The van der Waals surface area contributed by atoms with E-state index >= 15 is 0 Å². The number of aryl methyl sites for hydroxylation is 1. The summed E-state index contributed by atoms with van der Waals surface area (Å²) in [6.07, 6.45) is 0.931. The highest BCUT2D eigenvalue weighted by molar-refractivity contribution is 5.26. The van der Waals surface area contributed by atoms with E-state index in [-0.39, 0.29) is 17.3 Å². The van der Waals surface area contributed by atoms with E-state index in [0.717, 1.165) is 24.1 Å². The Bertz CT molecular complexity index is 366. The summed E-state index contributed by atoms with van der Waals surface area (Å²) in [5.74, 6) is -0.0970. The molecule has 96 valence electrons. The van der Waals surface area contributed by atoms with Crippen molar-refractivity contribution in [1.29, 1.82) is 0 Å². The van der Waals surface area contributed by atoms with Crippen LogP contribution in [0.2, 0.25) is 0 Å². The molecule has 0 radical (unpaired) electrons. The molecule has 0 aliphatic rings. The van der Waals surface area contributed by atoms with Gasteiger partial charge in [0, 0.05) is 11.6 Å². The molecule has 1 aromatic carbocycles. The van der Waals surface area contributed by atoms with Gasteiger partial charge < -0.3 is 5.32 Å². The molecular weight excluding hydrogens is 213 g/mol. The summed E-state index contributed by atoms with van der Waals surface area (Å²) in [4.78, 5) is 0. The predicted octanol–water partition coefficient (Wildman–Crippen LogP) is 4.22. The van der Waals surface area contributed by atoms with Crippen LogP contribution in [-0.2, 0) is 0 Å². The Morgan fingerprint density at radius 2 is 1.94 bits per heavy atom. The molecule has 0 saturated heterocycles. The van der Waals surface area contributed by atoms with Crippen LogP contribution in [0.15, 0.2) is 18.2 Å². The maximum atomic E-state index is 14.0. The van der Waals surface area contributed by atoms with E-state index in [9.17, 15) is 4.39 Å². The number of hydrogen-bond donors (Lipinski definition) is 1. The second-order valence-corrected chi connectivity index (χ2v) is 5.90. The lowest BCUT2D eigenvalue weighted by Gasteiger charge is -2.27. The lowest BCUT2D eigenvalue weighted by atomic mass is 9.85. The van der Waals surface area contributed by atoms with Gasteiger partial charge in [0.1, 0.15) is 5.82 Å². The molecule has 2 heteroatoms. The van der Waals surface area contributed by atoms with Gasteiger partial charge in [-0.2, -0.15) is 0 Å². The largest absolute Gasteiger partial charge is 0.310 e. The van der Waals surface area contributed by atoms with E-state index in [1.165, 1.54) is 0 Å². The average Bonchev–Trinajstić information content (AvgIpc) is 2.14. The number of benzene rings is 1. The van der Waals surface area contributed by atoms with Crippen molar-refractivity contribution < 1.29 is 4.39 Å². The van der Waals surface area contributed by atoms with Crippen molar-refractivity contribution >= 4 is 0 Å². The third-order valence-electron chi connectivity index (χ3n) is 2.80. The minimum absolute atomic E-state index is 0.0970. The van der Waals surface area contributed by atoms with E-state index in [1.807, 2.05) is 19.1 Å². The predicted molar refractivity (Wildman–Crippen MR) is 71.6 cm³/mol. The smallest absolute Gasteiger partial charge is 0.128 e. The fourth-order valence-electron chi connectivity index (χ4n) is 2.07. The van der Waals surface area contributed by atoms with Gasteiger partial charge >= 0.3 is 0 Å². The van der Waals surface area contributed by atoms with Crippen LogP contribution in [-0.4, -0.2) is 6.54 Å². The Labute approximate surface area is 104 Å². The summed E-state index contributed by atoms with van der Waals surface area (Å²) < 4.78 is 14.0. The minimum Gasteiger partial charge on any atom is -0.310 e. The second-order valence-electron chi connectivity index (χ2n) is 5.90. The maximum absolute atomic E-state index is 14.0. The molecule has 0 spiro atoms. The van der Waals surface area contributed by atoms with E-state index < -0.39 is 0 Å². The Kier molecular flexibility index (Phi) is 4.70. The fraction of sp³-hybridized carbons (Fsp3) is 0.600. The number of rotatable bonds is 4. The zero-order valence-corrected chi connectivity index (χ0v) is 11.6. The van der Waals surface area contributed by atoms with Gasteiger partial charge in [-0.05, 0) is 36.9 Å². The standard InChI is InChI=1S/C15H24FN/c1-6-17-14(10-15(3,4)5)12-8-7-11(2)9-13(12)16/h7-9,14,17H,6,10H2,1-5H3. The summed E-state index contributed by atoms with van der Waals surface area (Å²) in [6.45, 7) is 11.4. The van der Waals surface area contributed by atoms with Crippen molar-refractivity contribution in [3.8, 4) is 0 Å². The molecule has 1 aromatic rings. The summed E-state index contributed by atoms with van der Waals surface area (Å²) in [5, 5.41) is 3.38. The van der Waals surface area contributed by atoms with E-state index in [4.69, 9.17) is 0 Å². The molecule has 1 atom stereocenters. The molecule has 0 aromatic heterocycles. The van der Waals surface area contributed by atoms with Crippen LogP contribution in [0, 0.1) is 18.2 Å². The Morgan fingerprint density at radius 3 is 2.41 bits per heavy atom. The van der Waals surface area contributed by atoms with Gasteiger partial charge in [-0.15, -0.1) is 0 Å². The first kappa shape index (κ1) is 14.2. The maximum Gasteiger partial charge on any atom is 0.128 e. The molecular formula is C15H24FN. The highest BCUT2D eigenvalue weighted by Crippen LogP contribution is 2.30. The molecule has 0 amide bonds. The molecule has 0 heterocycles. The van der Waals surface area contributed by atoms with Crippen molar-refractivity contribution in [1.82, 2.24) is 5.32 Å². The first-order chi connectivity index (χ1) is 7.83. The first-order valence-corrected chi connectivity index (χ1v) is 6.33. The van der Waals surface area contributed by atoms with Crippen LogP contribution in [0.1, 0.15) is 51.3 Å². The molecule has 17 heavy (non-hydrogen) atoms. The Morgan fingerprint density at radius 1 is 1.29 bits per heavy atom. The lowest BCUT2D eigenvalue weighted by molar-refractivity contribution is 0.309. The topological polar surface area (TPSA) is 12.0 Å². The molecule has 0 fully saturated rings. The Balaban J connectivity index is 2.97. The van der Waals surface area contributed by atoms with Gasteiger partial charge in [0.15, 0.2) is 0 Å². The summed E-state index contributed by atoms with van der Waals surface area (Å²) in [7, 11) is 0. The molecule has 0 aliphatic heterocycles. The third kappa shape index (κ3) is 4.47. The molecule has 1 nitrogen and oxygen atoms in total. The molecule has 0 saturated carbocycles. The van der Waals surface area contributed by atoms with Crippen molar-refractivity contribution in [3.63, 3.8) is 0 Å². The SMILES string of the molecule is CCNC(CC(C)(C)C)c1ccc(C)cc1F. The van der Waals surface area contributed by atoms with Gasteiger partial charge in [-0.1, -0.05) is 39.8 Å². The van der Waals surface area contributed by atoms with Crippen molar-refractivity contribution in [2.24, 2.45) is 5.41 Å². The van der Waals surface area contributed by atoms with Gasteiger partial charge in [0.2, 0.25) is 0 Å². The van der Waals surface area contributed by atoms with E-state index in [1.54, 1.807) is 6.07 Å². The van der Waals surface area contributed by atoms with E-state index in [2.05, 4.69) is 33.0 Å². The minimum atomic E-state index is -0.0970. The second kappa shape index (κ2) is 5.63. The highest BCUT2D eigenvalue weighted by atomic mass is 19.1. The summed E-state index contributed by atoms with van der Waals surface area (Å²) in [5.41, 5.74) is 1.94. The quantitative estimate of drug-likeness (QED) is 0.826. The summed E-state index contributed by atoms with van der Waals surface area (Å²) >= 11 is 0. The molecule has 1 unspecified atom stereocenters. The van der Waals surface area contributed by atoms with Crippen molar-refractivity contribution in [2.45, 2.75) is 47.1 Å². The third-order valence-corrected chi connectivity index (χ3v) is 2.80. The van der Waals surface area contributed by atoms with Crippen molar-refractivity contribution in [3.05, 3.63) is 35.1 Å². The normalized spacial score (nSPS) is 13.8. The van der Waals surface area contributed by atoms with Crippen molar-refractivity contribution in [2.75, 3.05) is 6.54 Å². The Hall–Kier alpha value is -0.890. The van der Waals surface area contributed by atoms with Crippen LogP contribution >= 0.6 is 0 Å². The van der Waals surface area contributed by atoms with Crippen LogP contribution in [0.5, 0.6) is 0 Å². The van der Waals surface area contributed by atoms with Crippen LogP contribution in [0.4, 0.5) is 4.39 Å². The van der Waals surface area contributed by atoms with Gasteiger partial charge in [0.05, 0.1) is 0 Å². The zero-order chi connectivity index (χ0) is 13.1. The fourth-order valence-corrected chi connectivity index (χ4v) is 2.07. The first-order valence-electron chi connectivity index (χ1n) is 6.33. The van der Waals surface area contributed by atoms with Gasteiger partial charge in [0.25, 0.3) is 0 Å². The molecule has 0 aliphatic carbocycles. The summed E-state index contributed by atoms with van der Waals surface area (Å²) in [6, 6.07) is 5.60. The number of halogens is 1. The average molecular weight is 237 g/mol. The molecule has 0 bridgehead atoms. The van der Waals surface area contributed by atoms with Crippen LogP contribution in [0.25, 0.3) is 0 Å².